The first kappa shape index (κ1) is 14.8. The second-order valence-electron chi connectivity index (χ2n) is 4.28. The molecule has 0 spiro atoms. The predicted octanol–water partition coefficient (Wildman–Crippen LogP) is 4.25. The van der Waals surface area contributed by atoms with Crippen LogP contribution in [-0.4, -0.2) is 26.2 Å². The molecule has 0 saturated carbocycles. The smallest absolute Gasteiger partial charge is 0.169 e. The van der Waals surface area contributed by atoms with Gasteiger partial charge in [0, 0.05) is 22.7 Å². The Morgan fingerprint density at radius 1 is 1.05 bits per heavy atom. The van der Waals surface area contributed by atoms with Crippen molar-refractivity contribution < 1.29 is 14.2 Å². The third kappa shape index (κ3) is 3.10. The highest BCUT2D eigenvalue weighted by Gasteiger charge is 2.14. The molecular weight excluding hydrogens is 276 g/mol. The zero-order chi connectivity index (χ0) is 14.4. The van der Waals surface area contributed by atoms with Crippen LogP contribution in [0.1, 0.15) is 13.3 Å². The summed E-state index contributed by atoms with van der Waals surface area (Å²) in [6, 6.07) is 9.87. The maximum atomic E-state index is 5.82. The molecule has 0 saturated heterocycles. The summed E-state index contributed by atoms with van der Waals surface area (Å²) in [7, 11) is 1.63. The van der Waals surface area contributed by atoms with Crippen molar-refractivity contribution in [3.63, 3.8) is 0 Å². The quantitative estimate of drug-likeness (QED) is 0.564. The fourth-order valence-electron chi connectivity index (χ4n) is 2.09. The molecule has 0 unspecified atom stereocenters. The largest absolute Gasteiger partial charge is 0.493 e. The molecule has 0 aliphatic heterocycles. The molecule has 108 valence electrons. The molecule has 0 heterocycles. The van der Waals surface area contributed by atoms with Crippen molar-refractivity contribution in [1.29, 1.82) is 0 Å². The van der Waals surface area contributed by atoms with Crippen LogP contribution in [-0.2, 0) is 0 Å². The Kier molecular flexibility index (Phi) is 5.36. The van der Waals surface area contributed by atoms with Crippen LogP contribution in [0, 0.1) is 0 Å². The summed E-state index contributed by atoms with van der Waals surface area (Å²) in [5.41, 5.74) is 0. The molecule has 0 bridgehead atoms. The van der Waals surface area contributed by atoms with Gasteiger partial charge in [-0.1, -0.05) is 24.3 Å². The fraction of sp³-hybridized carbons (Fsp3) is 0.375. The summed E-state index contributed by atoms with van der Waals surface area (Å²) >= 11 is 5.69. The van der Waals surface area contributed by atoms with Crippen molar-refractivity contribution >= 4 is 22.4 Å². The third-order valence-corrected chi connectivity index (χ3v) is 3.23. The summed E-state index contributed by atoms with van der Waals surface area (Å²) in [6.45, 7) is 3.14. The van der Waals surface area contributed by atoms with Gasteiger partial charge >= 0.3 is 0 Å². The molecule has 2 rings (SSSR count). The van der Waals surface area contributed by atoms with E-state index in [1.165, 1.54) is 0 Å². The molecule has 0 amide bonds. The van der Waals surface area contributed by atoms with E-state index in [0.29, 0.717) is 24.8 Å². The molecule has 0 fully saturated rings. The van der Waals surface area contributed by atoms with Gasteiger partial charge in [-0.15, -0.1) is 11.6 Å². The first-order valence-electron chi connectivity index (χ1n) is 6.73. The molecule has 20 heavy (non-hydrogen) atoms. The van der Waals surface area contributed by atoms with E-state index in [4.69, 9.17) is 25.8 Å². The molecular formula is C16H19ClO3. The Hall–Kier alpha value is -1.61. The van der Waals surface area contributed by atoms with Crippen LogP contribution >= 0.6 is 11.6 Å². The normalized spacial score (nSPS) is 10.6. The van der Waals surface area contributed by atoms with Gasteiger partial charge in [-0.2, -0.15) is 0 Å². The van der Waals surface area contributed by atoms with Crippen molar-refractivity contribution in [3.05, 3.63) is 30.3 Å². The lowest BCUT2D eigenvalue weighted by molar-refractivity contribution is 0.304. The summed E-state index contributed by atoms with van der Waals surface area (Å²) in [6.07, 6.45) is 0.811. The van der Waals surface area contributed by atoms with Gasteiger partial charge in [0.1, 0.15) is 5.75 Å². The molecule has 2 aromatic rings. The van der Waals surface area contributed by atoms with E-state index in [2.05, 4.69) is 0 Å². The highest BCUT2D eigenvalue weighted by atomic mass is 35.5. The standard InChI is InChI=1S/C16H19ClO3/c1-3-19-16-13-8-5-4-7-12(13)14(11-15(16)18-2)20-10-6-9-17/h4-5,7-8,11H,3,6,9-10H2,1-2H3. The molecule has 0 radical (unpaired) electrons. The monoisotopic (exact) mass is 294 g/mol. The lowest BCUT2D eigenvalue weighted by atomic mass is 10.1. The number of benzene rings is 2. The minimum atomic E-state index is 0.588. The second kappa shape index (κ2) is 7.25. The number of hydrogen-bond acceptors (Lipinski definition) is 3. The van der Waals surface area contributed by atoms with Gasteiger partial charge in [0.25, 0.3) is 0 Å². The van der Waals surface area contributed by atoms with Crippen molar-refractivity contribution in [2.75, 3.05) is 26.2 Å². The number of ether oxygens (including phenoxy) is 3. The number of hydrogen-bond donors (Lipinski definition) is 0. The van der Waals surface area contributed by atoms with E-state index < -0.39 is 0 Å². The van der Waals surface area contributed by atoms with Crippen LogP contribution in [0.15, 0.2) is 30.3 Å². The van der Waals surface area contributed by atoms with Crippen LogP contribution in [0.3, 0.4) is 0 Å². The van der Waals surface area contributed by atoms with Gasteiger partial charge in [0.15, 0.2) is 11.5 Å². The highest BCUT2D eigenvalue weighted by molar-refractivity contribution is 6.17. The highest BCUT2D eigenvalue weighted by Crippen LogP contribution is 2.41. The Labute approximate surface area is 124 Å². The lowest BCUT2D eigenvalue weighted by Gasteiger charge is -2.16. The molecule has 0 aliphatic carbocycles. The summed E-state index contributed by atoms with van der Waals surface area (Å²) in [5.74, 6) is 2.83. The minimum absolute atomic E-state index is 0.588. The Morgan fingerprint density at radius 2 is 1.80 bits per heavy atom. The van der Waals surface area contributed by atoms with Gasteiger partial charge in [-0.3, -0.25) is 0 Å². The van der Waals surface area contributed by atoms with E-state index in [1.54, 1.807) is 7.11 Å². The van der Waals surface area contributed by atoms with Gasteiger partial charge in [-0.25, -0.2) is 0 Å². The molecule has 0 atom stereocenters. The van der Waals surface area contributed by atoms with Crippen LogP contribution in [0.5, 0.6) is 17.2 Å². The molecule has 4 heteroatoms. The van der Waals surface area contributed by atoms with E-state index >= 15 is 0 Å². The molecule has 2 aromatic carbocycles. The van der Waals surface area contributed by atoms with Gasteiger partial charge < -0.3 is 14.2 Å². The van der Waals surface area contributed by atoms with Crippen molar-refractivity contribution in [2.24, 2.45) is 0 Å². The summed E-state index contributed by atoms with van der Waals surface area (Å²) in [4.78, 5) is 0. The minimum Gasteiger partial charge on any atom is -0.493 e. The van der Waals surface area contributed by atoms with E-state index in [0.717, 1.165) is 28.7 Å². The Bertz CT molecular complexity index is 569. The lowest BCUT2D eigenvalue weighted by Crippen LogP contribution is -2.01. The van der Waals surface area contributed by atoms with Crippen LogP contribution in [0.25, 0.3) is 10.8 Å². The number of methoxy groups -OCH3 is 1. The van der Waals surface area contributed by atoms with Crippen molar-refractivity contribution in [1.82, 2.24) is 0 Å². The second-order valence-corrected chi connectivity index (χ2v) is 4.65. The number of rotatable bonds is 7. The van der Waals surface area contributed by atoms with Gasteiger partial charge in [0.2, 0.25) is 0 Å². The number of halogens is 1. The van der Waals surface area contributed by atoms with Crippen LogP contribution < -0.4 is 14.2 Å². The van der Waals surface area contributed by atoms with Crippen molar-refractivity contribution in [2.45, 2.75) is 13.3 Å². The Morgan fingerprint density at radius 3 is 2.45 bits per heavy atom. The van der Waals surface area contributed by atoms with E-state index in [1.807, 2.05) is 37.3 Å². The molecule has 0 aliphatic rings. The van der Waals surface area contributed by atoms with Crippen LogP contribution in [0.2, 0.25) is 0 Å². The maximum absolute atomic E-state index is 5.82. The summed E-state index contributed by atoms with van der Waals surface area (Å²) in [5, 5.41) is 2.01. The summed E-state index contributed by atoms with van der Waals surface area (Å²) < 4.78 is 17.0. The third-order valence-electron chi connectivity index (χ3n) is 2.97. The first-order valence-corrected chi connectivity index (χ1v) is 7.26. The first-order chi connectivity index (χ1) is 9.81. The van der Waals surface area contributed by atoms with Gasteiger partial charge in [0.05, 0.1) is 20.3 Å². The van der Waals surface area contributed by atoms with Gasteiger partial charge in [-0.05, 0) is 13.3 Å². The maximum Gasteiger partial charge on any atom is 0.169 e. The predicted molar refractivity (Wildman–Crippen MR) is 82.5 cm³/mol. The average molecular weight is 295 g/mol. The van der Waals surface area contributed by atoms with E-state index in [9.17, 15) is 0 Å². The SMILES string of the molecule is CCOc1c(OC)cc(OCCCCl)c2ccccc12. The molecule has 0 N–H and O–H groups in total. The van der Waals surface area contributed by atoms with E-state index in [-0.39, 0.29) is 0 Å². The topological polar surface area (TPSA) is 27.7 Å². The number of fused-ring (bicyclic) bond motifs is 1. The zero-order valence-electron chi connectivity index (χ0n) is 11.8. The number of alkyl halides is 1. The Balaban J connectivity index is 2.49. The molecule has 0 aromatic heterocycles. The molecule has 3 nitrogen and oxygen atoms in total. The van der Waals surface area contributed by atoms with Crippen molar-refractivity contribution in [3.8, 4) is 17.2 Å². The van der Waals surface area contributed by atoms with Crippen LogP contribution in [0.4, 0.5) is 0 Å². The average Bonchev–Trinajstić information content (AvgIpc) is 2.49. The zero-order valence-corrected chi connectivity index (χ0v) is 12.6. The fourth-order valence-corrected chi connectivity index (χ4v) is 2.20.